The zero-order valence-electron chi connectivity index (χ0n) is 9.53. The lowest BCUT2D eigenvalue weighted by Gasteiger charge is -2.20. The predicted molar refractivity (Wildman–Crippen MR) is 78.4 cm³/mol. The third-order valence-corrected chi connectivity index (χ3v) is 5.71. The van der Waals surface area contributed by atoms with E-state index in [4.69, 9.17) is 11.6 Å². The minimum atomic E-state index is 0.0637. The van der Waals surface area contributed by atoms with Crippen LogP contribution < -0.4 is 5.32 Å². The zero-order valence-corrected chi connectivity index (χ0v) is 11.9. The Balaban J connectivity index is 1.99. The van der Waals surface area contributed by atoms with Gasteiger partial charge in [0.05, 0.1) is 5.25 Å². The van der Waals surface area contributed by atoms with Crippen molar-refractivity contribution in [3.8, 4) is 0 Å². The summed E-state index contributed by atoms with van der Waals surface area (Å²) in [5.74, 6) is 3.18. The molecule has 2 rings (SSSR count). The number of aryl methyl sites for hydroxylation is 1. The summed E-state index contributed by atoms with van der Waals surface area (Å²) in [5.41, 5.74) is 1.80. The highest BCUT2D eigenvalue weighted by atomic mass is 35.5. The van der Waals surface area contributed by atoms with E-state index in [1.165, 1.54) is 0 Å². The third-order valence-electron chi connectivity index (χ3n) is 2.55. The second-order valence-electron chi connectivity index (χ2n) is 3.89. The Morgan fingerprint density at radius 3 is 2.94 bits per heavy atom. The Morgan fingerprint density at radius 1 is 1.47 bits per heavy atom. The molecule has 1 aromatic rings. The van der Waals surface area contributed by atoms with E-state index in [2.05, 4.69) is 5.32 Å². The lowest BCUT2D eigenvalue weighted by molar-refractivity contribution is -0.115. The molecule has 5 heteroatoms. The Kier molecular flexibility index (Phi) is 4.65. The fourth-order valence-corrected chi connectivity index (χ4v) is 4.27. The molecule has 1 saturated heterocycles. The van der Waals surface area contributed by atoms with E-state index in [1.54, 1.807) is 17.8 Å². The van der Waals surface area contributed by atoms with Gasteiger partial charge in [0.15, 0.2) is 0 Å². The van der Waals surface area contributed by atoms with Gasteiger partial charge >= 0.3 is 0 Å². The van der Waals surface area contributed by atoms with Crippen molar-refractivity contribution in [1.82, 2.24) is 0 Å². The van der Waals surface area contributed by atoms with Crippen molar-refractivity contribution in [2.75, 3.05) is 22.6 Å². The van der Waals surface area contributed by atoms with E-state index in [9.17, 15) is 4.79 Å². The minimum Gasteiger partial charge on any atom is -0.325 e. The smallest absolute Gasteiger partial charge is 0.238 e. The average molecular weight is 288 g/mol. The van der Waals surface area contributed by atoms with Crippen molar-refractivity contribution >= 4 is 46.7 Å². The standard InChI is InChI=1S/C12H14ClNOS2/c1-8-2-3-9(6-10(8)13)14-12(15)11-7-16-4-5-17-11/h2-3,6,11H,4-5,7H2,1H3,(H,14,15). The molecule has 0 aromatic heterocycles. The van der Waals surface area contributed by atoms with Crippen LogP contribution in [-0.2, 0) is 4.79 Å². The molecule has 2 nitrogen and oxygen atoms in total. The first kappa shape index (κ1) is 13.1. The third kappa shape index (κ3) is 3.57. The number of nitrogens with one attached hydrogen (secondary N) is 1. The Hall–Kier alpha value is -0.320. The van der Waals surface area contributed by atoms with Crippen molar-refractivity contribution in [2.24, 2.45) is 0 Å². The second-order valence-corrected chi connectivity index (χ2v) is 6.76. The SMILES string of the molecule is Cc1ccc(NC(=O)C2CSCCS2)cc1Cl. The molecule has 92 valence electrons. The van der Waals surface area contributed by atoms with Gasteiger partial charge in [0.25, 0.3) is 0 Å². The van der Waals surface area contributed by atoms with Crippen LogP contribution in [0.4, 0.5) is 5.69 Å². The van der Waals surface area contributed by atoms with Crippen LogP contribution in [0.25, 0.3) is 0 Å². The summed E-state index contributed by atoms with van der Waals surface area (Å²) in [6.45, 7) is 1.95. The fourth-order valence-electron chi connectivity index (χ4n) is 1.53. The van der Waals surface area contributed by atoms with Crippen molar-refractivity contribution in [1.29, 1.82) is 0 Å². The molecule has 0 spiro atoms. The Morgan fingerprint density at radius 2 is 2.29 bits per heavy atom. The molecule has 1 heterocycles. The Labute approximate surface area is 115 Å². The number of amides is 1. The number of rotatable bonds is 2. The molecule has 1 N–H and O–H groups in total. The Bertz CT molecular complexity index is 419. The van der Waals surface area contributed by atoms with Gasteiger partial charge in [-0.3, -0.25) is 4.79 Å². The van der Waals surface area contributed by atoms with Crippen molar-refractivity contribution in [3.05, 3.63) is 28.8 Å². The van der Waals surface area contributed by atoms with Crippen LogP contribution in [0, 0.1) is 6.92 Å². The van der Waals surface area contributed by atoms with Gasteiger partial charge in [0, 0.05) is 28.0 Å². The summed E-state index contributed by atoms with van der Waals surface area (Å²) in [7, 11) is 0. The molecule has 1 atom stereocenters. The summed E-state index contributed by atoms with van der Waals surface area (Å²) in [6, 6.07) is 5.61. The number of hydrogen-bond acceptors (Lipinski definition) is 3. The number of thioether (sulfide) groups is 2. The molecule has 0 saturated carbocycles. The highest BCUT2D eigenvalue weighted by molar-refractivity contribution is 8.07. The first-order chi connectivity index (χ1) is 8.16. The van der Waals surface area contributed by atoms with E-state index in [1.807, 2.05) is 30.8 Å². The number of benzene rings is 1. The molecule has 1 fully saturated rings. The van der Waals surface area contributed by atoms with Crippen LogP contribution in [0.2, 0.25) is 5.02 Å². The monoisotopic (exact) mass is 287 g/mol. The lowest BCUT2D eigenvalue weighted by atomic mass is 10.2. The summed E-state index contributed by atoms with van der Waals surface area (Å²) < 4.78 is 0. The molecule has 17 heavy (non-hydrogen) atoms. The van der Waals surface area contributed by atoms with E-state index < -0.39 is 0 Å². The highest BCUT2D eigenvalue weighted by Gasteiger charge is 2.22. The predicted octanol–water partition coefficient (Wildman–Crippen LogP) is 3.44. The van der Waals surface area contributed by atoms with E-state index in [0.717, 1.165) is 28.5 Å². The van der Waals surface area contributed by atoms with Gasteiger partial charge < -0.3 is 5.32 Å². The molecule has 1 aliphatic heterocycles. The topological polar surface area (TPSA) is 29.1 Å². The van der Waals surface area contributed by atoms with Crippen LogP contribution in [0.1, 0.15) is 5.56 Å². The van der Waals surface area contributed by atoms with Crippen molar-refractivity contribution in [3.63, 3.8) is 0 Å². The maximum absolute atomic E-state index is 12.0. The first-order valence-electron chi connectivity index (χ1n) is 5.43. The molecule has 1 aromatic carbocycles. The number of carbonyl (C=O) groups is 1. The molecular weight excluding hydrogens is 274 g/mol. The van der Waals surface area contributed by atoms with Gasteiger partial charge in [-0.15, -0.1) is 11.8 Å². The first-order valence-corrected chi connectivity index (χ1v) is 8.01. The minimum absolute atomic E-state index is 0.0637. The van der Waals surface area contributed by atoms with Gasteiger partial charge in [0.1, 0.15) is 0 Å². The van der Waals surface area contributed by atoms with Crippen LogP contribution in [0.15, 0.2) is 18.2 Å². The largest absolute Gasteiger partial charge is 0.325 e. The molecule has 1 unspecified atom stereocenters. The molecular formula is C12H14ClNOS2. The van der Waals surface area contributed by atoms with Gasteiger partial charge in [-0.2, -0.15) is 11.8 Å². The van der Waals surface area contributed by atoms with E-state index >= 15 is 0 Å². The number of halogens is 1. The van der Waals surface area contributed by atoms with Gasteiger partial charge in [-0.25, -0.2) is 0 Å². The zero-order chi connectivity index (χ0) is 12.3. The summed E-state index contributed by atoms with van der Waals surface area (Å²) in [5, 5.41) is 3.67. The number of anilines is 1. The maximum Gasteiger partial charge on any atom is 0.238 e. The van der Waals surface area contributed by atoms with Crippen LogP contribution >= 0.6 is 35.1 Å². The number of hydrogen-bond donors (Lipinski definition) is 1. The number of carbonyl (C=O) groups excluding carboxylic acids is 1. The molecule has 0 radical (unpaired) electrons. The van der Waals surface area contributed by atoms with Crippen LogP contribution in [0.3, 0.4) is 0 Å². The van der Waals surface area contributed by atoms with E-state index in [0.29, 0.717) is 5.02 Å². The van der Waals surface area contributed by atoms with Crippen LogP contribution in [0.5, 0.6) is 0 Å². The fraction of sp³-hybridized carbons (Fsp3) is 0.417. The molecule has 1 amide bonds. The van der Waals surface area contributed by atoms with Gasteiger partial charge in [-0.05, 0) is 24.6 Å². The summed E-state index contributed by atoms with van der Waals surface area (Å²) in [6.07, 6.45) is 0. The van der Waals surface area contributed by atoms with Gasteiger partial charge in [-0.1, -0.05) is 17.7 Å². The molecule has 0 bridgehead atoms. The van der Waals surface area contributed by atoms with Crippen molar-refractivity contribution < 1.29 is 4.79 Å². The van der Waals surface area contributed by atoms with E-state index in [-0.39, 0.29) is 11.2 Å². The summed E-state index contributed by atoms with van der Waals surface area (Å²) in [4.78, 5) is 12.0. The summed E-state index contributed by atoms with van der Waals surface area (Å²) >= 11 is 9.59. The molecule has 1 aliphatic rings. The maximum atomic E-state index is 12.0. The van der Waals surface area contributed by atoms with Crippen molar-refractivity contribution in [2.45, 2.75) is 12.2 Å². The van der Waals surface area contributed by atoms with Gasteiger partial charge in [0.2, 0.25) is 5.91 Å². The quantitative estimate of drug-likeness (QED) is 0.903. The lowest BCUT2D eigenvalue weighted by Crippen LogP contribution is -2.30. The second kappa shape index (κ2) is 6.03. The highest BCUT2D eigenvalue weighted by Crippen LogP contribution is 2.26. The van der Waals surface area contributed by atoms with Crippen LogP contribution in [-0.4, -0.2) is 28.4 Å². The average Bonchev–Trinajstić information content (AvgIpc) is 2.35. The normalized spacial score (nSPS) is 20.0. The molecule has 0 aliphatic carbocycles.